The van der Waals surface area contributed by atoms with Crippen LogP contribution in [0.3, 0.4) is 0 Å². The smallest absolute Gasteiger partial charge is 0.404 e. The van der Waals surface area contributed by atoms with E-state index in [1.165, 1.54) is 6.07 Å². The topological polar surface area (TPSA) is 85.3 Å². The van der Waals surface area contributed by atoms with Gasteiger partial charge in [-0.1, -0.05) is 30.3 Å². The van der Waals surface area contributed by atoms with E-state index in [2.05, 4.69) is 9.88 Å². The molecule has 126 valence electrons. The standard InChI is InChI=1S/C18H16N4O3/c23-22(24)17-7-6-15(25-17)12-21-9-8-16-14(11-21)10-19-18(20-16)13-4-2-1-3-5-13/h1-7,10H,8-9,11-12H2. The SMILES string of the molecule is O=[N+]([O-])c1ccc(CN2CCc3nc(-c4ccccc4)ncc3C2)o1. The van der Waals surface area contributed by atoms with Gasteiger partial charge in [0.25, 0.3) is 0 Å². The van der Waals surface area contributed by atoms with Gasteiger partial charge in [0.1, 0.15) is 10.7 Å². The van der Waals surface area contributed by atoms with E-state index in [9.17, 15) is 10.1 Å². The molecule has 0 aliphatic carbocycles. The van der Waals surface area contributed by atoms with Crippen molar-refractivity contribution in [3.05, 3.63) is 75.8 Å². The van der Waals surface area contributed by atoms with Gasteiger partial charge in [-0.2, -0.15) is 0 Å². The van der Waals surface area contributed by atoms with Crippen molar-refractivity contribution in [2.24, 2.45) is 0 Å². The highest BCUT2D eigenvalue weighted by atomic mass is 16.6. The summed E-state index contributed by atoms with van der Waals surface area (Å²) in [7, 11) is 0. The molecule has 2 aromatic heterocycles. The Balaban J connectivity index is 1.49. The highest BCUT2D eigenvalue weighted by Crippen LogP contribution is 2.23. The second-order valence-corrected chi connectivity index (χ2v) is 5.99. The van der Waals surface area contributed by atoms with E-state index in [1.807, 2.05) is 36.5 Å². The normalized spacial score (nSPS) is 14.2. The van der Waals surface area contributed by atoms with Crippen molar-refractivity contribution in [2.45, 2.75) is 19.5 Å². The fourth-order valence-electron chi connectivity index (χ4n) is 3.01. The molecule has 0 saturated carbocycles. The zero-order chi connectivity index (χ0) is 17.2. The second kappa shape index (κ2) is 6.45. The number of aromatic nitrogens is 2. The van der Waals surface area contributed by atoms with Gasteiger partial charge < -0.3 is 4.42 Å². The van der Waals surface area contributed by atoms with Crippen LogP contribution in [-0.4, -0.2) is 26.3 Å². The van der Waals surface area contributed by atoms with E-state index in [-0.39, 0.29) is 5.88 Å². The van der Waals surface area contributed by atoms with Gasteiger partial charge in [-0.25, -0.2) is 9.97 Å². The Labute approximate surface area is 144 Å². The van der Waals surface area contributed by atoms with E-state index in [0.29, 0.717) is 18.8 Å². The summed E-state index contributed by atoms with van der Waals surface area (Å²) in [6.07, 6.45) is 2.70. The summed E-state index contributed by atoms with van der Waals surface area (Å²) in [5.41, 5.74) is 3.16. The Hall–Kier alpha value is -3.06. The molecular weight excluding hydrogens is 320 g/mol. The summed E-state index contributed by atoms with van der Waals surface area (Å²) in [5.74, 6) is 1.12. The molecule has 1 aliphatic heterocycles. The van der Waals surface area contributed by atoms with Crippen LogP contribution in [0.1, 0.15) is 17.0 Å². The molecule has 1 aliphatic rings. The lowest BCUT2D eigenvalue weighted by Gasteiger charge is -2.27. The van der Waals surface area contributed by atoms with Crippen molar-refractivity contribution >= 4 is 5.88 Å². The molecule has 0 amide bonds. The summed E-state index contributed by atoms with van der Waals surface area (Å²) in [5, 5.41) is 10.7. The average Bonchev–Trinajstić information content (AvgIpc) is 3.11. The largest absolute Gasteiger partial charge is 0.433 e. The minimum atomic E-state index is -0.520. The van der Waals surface area contributed by atoms with Crippen LogP contribution in [0.15, 0.2) is 53.1 Å². The number of rotatable bonds is 4. The molecule has 0 unspecified atom stereocenters. The van der Waals surface area contributed by atoms with Crippen LogP contribution in [0.25, 0.3) is 11.4 Å². The number of hydrogen-bond acceptors (Lipinski definition) is 6. The van der Waals surface area contributed by atoms with Crippen molar-refractivity contribution < 1.29 is 9.34 Å². The summed E-state index contributed by atoms with van der Waals surface area (Å²) >= 11 is 0. The van der Waals surface area contributed by atoms with Crippen molar-refractivity contribution in [3.8, 4) is 11.4 Å². The number of fused-ring (bicyclic) bond motifs is 1. The molecule has 4 rings (SSSR count). The van der Waals surface area contributed by atoms with Gasteiger partial charge in [0.2, 0.25) is 0 Å². The van der Waals surface area contributed by atoms with Gasteiger partial charge in [0.15, 0.2) is 5.82 Å². The lowest BCUT2D eigenvalue weighted by Crippen LogP contribution is -2.30. The van der Waals surface area contributed by atoms with Crippen molar-refractivity contribution in [3.63, 3.8) is 0 Å². The molecule has 7 heteroatoms. The van der Waals surface area contributed by atoms with Gasteiger partial charge in [-0.3, -0.25) is 15.0 Å². The predicted molar refractivity (Wildman–Crippen MR) is 90.6 cm³/mol. The zero-order valence-corrected chi connectivity index (χ0v) is 13.5. The molecule has 0 atom stereocenters. The van der Waals surface area contributed by atoms with Crippen LogP contribution in [0, 0.1) is 10.1 Å². The van der Waals surface area contributed by atoms with Gasteiger partial charge >= 0.3 is 5.88 Å². The highest BCUT2D eigenvalue weighted by Gasteiger charge is 2.21. The molecule has 0 N–H and O–H groups in total. The first-order valence-electron chi connectivity index (χ1n) is 8.05. The molecule has 0 bridgehead atoms. The number of hydrogen-bond donors (Lipinski definition) is 0. The molecule has 0 spiro atoms. The van der Waals surface area contributed by atoms with Gasteiger partial charge in [-0.05, 0) is 6.07 Å². The maximum absolute atomic E-state index is 10.7. The first-order valence-corrected chi connectivity index (χ1v) is 8.05. The molecule has 0 fully saturated rings. The monoisotopic (exact) mass is 336 g/mol. The summed E-state index contributed by atoms with van der Waals surface area (Å²) < 4.78 is 5.24. The van der Waals surface area contributed by atoms with Crippen LogP contribution in [0.5, 0.6) is 0 Å². The van der Waals surface area contributed by atoms with Crippen LogP contribution >= 0.6 is 0 Å². The van der Waals surface area contributed by atoms with Crippen LogP contribution in [0.4, 0.5) is 5.88 Å². The Morgan fingerprint density at radius 1 is 1.20 bits per heavy atom. The first kappa shape index (κ1) is 15.5. The number of furan rings is 1. The van der Waals surface area contributed by atoms with Gasteiger partial charge in [-0.15, -0.1) is 0 Å². The number of benzene rings is 1. The molecule has 0 radical (unpaired) electrons. The summed E-state index contributed by atoms with van der Waals surface area (Å²) in [4.78, 5) is 21.5. The molecule has 3 heterocycles. The lowest BCUT2D eigenvalue weighted by atomic mass is 10.1. The molecule has 25 heavy (non-hydrogen) atoms. The van der Waals surface area contributed by atoms with E-state index in [1.54, 1.807) is 6.07 Å². The third-order valence-electron chi connectivity index (χ3n) is 4.25. The highest BCUT2D eigenvalue weighted by molar-refractivity contribution is 5.54. The fourth-order valence-corrected chi connectivity index (χ4v) is 3.01. The first-order chi connectivity index (χ1) is 12.2. The second-order valence-electron chi connectivity index (χ2n) is 5.99. The number of nitro groups is 1. The molecule has 1 aromatic carbocycles. The van der Waals surface area contributed by atoms with E-state index in [4.69, 9.17) is 9.40 Å². The molecular formula is C18H16N4O3. The van der Waals surface area contributed by atoms with Crippen molar-refractivity contribution in [1.82, 2.24) is 14.9 Å². The summed E-state index contributed by atoms with van der Waals surface area (Å²) in [6, 6.07) is 13.0. The minimum absolute atomic E-state index is 0.219. The third-order valence-corrected chi connectivity index (χ3v) is 4.25. The molecule has 3 aromatic rings. The van der Waals surface area contributed by atoms with Gasteiger partial charge in [0.05, 0.1) is 18.3 Å². The van der Waals surface area contributed by atoms with Crippen molar-refractivity contribution in [2.75, 3.05) is 6.54 Å². The summed E-state index contributed by atoms with van der Waals surface area (Å²) in [6.45, 7) is 2.07. The average molecular weight is 336 g/mol. The van der Waals surface area contributed by atoms with Crippen LogP contribution in [0.2, 0.25) is 0 Å². The van der Waals surface area contributed by atoms with Gasteiger partial charge in [0, 0.05) is 36.8 Å². The maximum atomic E-state index is 10.7. The Kier molecular flexibility index (Phi) is 3.99. The third kappa shape index (κ3) is 3.27. The fraction of sp³-hybridized carbons (Fsp3) is 0.222. The minimum Gasteiger partial charge on any atom is -0.404 e. The zero-order valence-electron chi connectivity index (χ0n) is 13.5. The van der Waals surface area contributed by atoms with Crippen molar-refractivity contribution in [1.29, 1.82) is 0 Å². The van der Waals surface area contributed by atoms with Crippen LogP contribution in [-0.2, 0) is 19.5 Å². The van der Waals surface area contributed by atoms with E-state index >= 15 is 0 Å². The predicted octanol–water partition coefficient (Wildman–Crippen LogP) is 3.20. The Morgan fingerprint density at radius 3 is 2.80 bits per heavy atom. The lowest BCUT2D eigenvalue weighted by molar-refractivity contribution is -0.402. The van der Waals surface area contributed by atoms with Crippen LogP contribution < -0.4 is 0 Å². The van der Waals surface area contributed by atoms with E-state index in [0.717, 1.165) is 35.6 Å². The molecule has 7 nitrogen and oxygen atoms in total. The quantitative estimate of drug-likeness (QED) is 0.537. The van der Waals surface area contributed by atoms with E-state index < -0.39 is 4.92 Å². The molecule has 0 saturated heterocycles. The Morgan fingerprint density at radius 2 is 2.04 bits per heavy atom. The maximum Gasteiger partial charge on any atom is 0.433 e. The number of nitrogens with zero attached hydrogens (tertiary/aromatic N) is 4. The Bertz CT molecular complexity index is 908.